The smallest absolute Gasteiger partial charge is 0.220 e. The summed E-state index contributed by atoms with van der Waals surface area (Å²) in [4.78, 5) is 14.7. The molecule has 4 nitrogen and oxygen atoms in total. The third-order valence-corrected chi connectivity index (χ3v) is 3.20. The number of benzene rings is 1. The highest BCUT2D eigenvalue weighted by molar-refractivity contribution is 5.83. The number of rotatable bonds is 7. The molecule has 0 saturated heterocycles. The molecule has 0 bridgehead atoms. The zero-order valence-corrected chi connectivity index (χ0v) is 11.0. The number of H-pyrrole nitrogens is 1. The van der Waals surface area contributed by atoms with Crippen LogP contribution in [0.3, 0.4) is 0 Å². The Balaban J connectivity index is 1.78. The van der Waals surface area contributed by atoms with Crippen LogP contribution in [0.15, 0.2) is 30.5 Å². The van der Waals surface area contributed by atoms with Crippen molar-refractivity contribution < 1.29 is 9.90 Å². The van der Waals surface area contributed by atoms with E-state index in [1.807, 2.05) is 24.4 Å². The van der Waals surface area contributed by atoms with E-state index in [2.05, 4.69) is 16.4 Å². The average Bonchev–Trinajstić information content (AvgIpc) is 2.83. The van der Waals surface area contributed by atoms with Gasteiger partial charge in [-0.15, -0.1) is 0 Å². The van der Waals surface area contributed by atoms with E-state index in [0.717, 1.165) is 18.4 Å². The summed E-state index contributed by atoms with van der Waals surface area (Å²) in [5.74, 6) is 0.0632. The van der Waals surface area contributed by atoms with E-state index in [1.165, 1.54) is 10.9 Å². The largest absolute Gasteiger partial charge is 0.396 e. The summed E-state index contributed by atoms with van der Waals surface area (Å²) in [6.07, 6.45) is 4.76. The van der Waals surface area contributed by atoms with Crippen LogP contribution in [-0.2, 0) is 11.2 Å². The van der Waals surface area contributed by atoms with E-state index in [1.54, 1.807) is 0 Å². The SMILES string of the molecule is O=C(CCCCO)NCCc1c[nH]c2ccccc12. The summed E-state index contributed by atoms with van der Waals surface area (Å²) in [5.41, 5.74) is 2.36. The van der Waals surface area contributed by atoms with Crippen LogP contribution in [0.1, 0.15) is 24.8 Å². The first-order valence-corrected chi connectivity index (χ1v) is 6.74. The van der Waals surface area contributed by atoms with Gasteiger partial charge in [0.2, 0.25) is 5.91 Å². The molecular formula is C15H20N2O2. The van der Waals surface area contributed by atoms with E-state index in [-0.39, 0.29) is 12.5 Å². The summed E-state index contributed by atoms with van der Waals surface area (Å²) in [5, 5.41) is 12.8. The lowest BCUT2D eigenvalue weighted by molar-refractivity contribution is -0.121. The number of carbonyl (C=O) groups is 1. The molecule has 0 aliphatic rings. The molecule has 0 atom stereocenters. The Morgan fingerprint density at radius 2 is 2.11 bits per heavy atom. The van der Waals surface area contributed by atoms with Crippen molar-refractivity contribution in [3.8, 4) is 0 Å². The fraction of sp³-hybridized carbons (Fsp3) is 0.400. The minimum absolute atomic E-state index is 0.0632. The number of fused-ring (bicyclic) bond motifs is 1. The zero-order valence-electron chi connectivity index (χ0n) is 11.0. The van der Waals surface area contributed by atoms with Gasteiger partial charge in [-0.3, -0.25) is 4.79 Å². The maximum absolute atomic E-state index is 11.5. The Labute approximate surface area is 112 Å². The van der Waals surface area contributed by atoms with Crippen LogP contribution in [-0.4, -0.2) is 29.1 Å². The Morgan fingerprint density at radius 3 is 2.95 bits per heavy atom. The van der Waals surface area contributed by atoms with Crippen molar-refractivity contribution in [1.29, 1.82) is 0 Å². The number of nitrogens with one attached hydrogen (secondary N) is 2. The molecule has 0 aliphatic heterocycles. The van der Waals surface area contributed by atoms with Gasteiger partial charge in [0.1, 0.15) is 0 Å². The van der Waals surface area contributed by atoms with Crippen LogP contribution in [0.4, 0.5) is 0 Å². The van der Waals surface area contributed by atoms with Crippen molar-refractivity contribution in [3.05, 3.63) is 36.0 Å². The van der Waals surface area contributed by atoms with Crippen LogP contribution >= 0.6 is 0 Å². The van der Waals surface area contributed by atoms with E-state index in [9.17, 15) is 4.79 Å². The number of aliphatic hydroxyl groups is 1. The number of hydrogen-bond donors (Lipinski definition) is 3. The standard InChI is InChI=1S/C15H20N2O2/c18-10-4-3-7-15(19)16-9-8-12-11-17-14-6-2-1-5-13(12)14/h1-2,5-6,11,17-18H,3-4,7-10H2,(H,16,19). The van der Waals surface area contributed by atoms with Crippen molar-refractivity contribution in [1.82, 2.24) is 10.3 Å². The Hall–Kier alpha value is -1.81. The van der Waals surface area contributed by atoms with Gasteiger partial charge in [0, 0.05) is 36.7 Å². The molecular weight excluding hydrogens is 240 g/mol. The minimum Gasteiger partial charge on any atom is -0.396 e. The molecule has 0 spiro atoms. The molecule has 1 amide bonds. The molecule has 102 valence electrons. The molecule has 19 heavy (non-hydrogen) atoms. The number of aromatic amines is 1. The topological polar surface area (TPSA) is 65.1 Å². The minimum atomic E-state index is 0.0632. The van der Waals surface area contributed by atoms with Gasteiger partial charge in [-0.05, 0) is 30.9 Å². The third kappa shape index (κ3) is 3.83. The Morgan fingerprint density at radius 1 is 1.26 bits per heavy atom. The predicted octanol–water partition coefficient (Wildman–Crippen LogP) is 1.99. The number of hydrogen-bond acceptors (Lipinski definition) is 2. The lowest BCUT2D eigenvalue weighted by atomic mass is 10.1. The normalized spacial score (nSPS) is 10.8. The number of unbranched alkanes of at least 4 members (excludes halogenated alkanes) is 1. The fourth-order valence-electron chi connectivity index (χ4n) is 2.16. The summed E-state index contributed by atoms with van der Waals surface area (Å²) in [7, 11) is 0. The molecule has 1 heterocycles. The van der Waals surface area contributed by atoms with Gasteiger partial charge < -0.3 is 15.4 Å². The number of amides is 1. The van der Waals surface area contributed by atoms with Crippen molar-refractivity contribution in [3.63, 3.8) is 0 Å². The molecule has 0 fully saturated rings. The first kappa shape index (κ1) is 13.6. The first-order chi connectivity index (χ1) is 9.31. The van der Waals surface area contributed by atoms with E-state index in [0.29, 0.717) is 19.4 Å². The van der Waals surface area contributed by atoms with Crippen molar-refractivity contribution in [2.24, 2.45) is 0 Å². The van der Waals surface area contributed by atoms with Crippen molar-refractivity contribution in [2.75, 3.05) is 13.2 Å². The van der Waals surface area contributed by atoms with Crippen LogP contribution in [0.2, 0.25) is 0 Å². The van der Waals surface area contributed by atoms with Gasteiger partial charge in [0.25, 0.3) is 0 Å². The van der Waals surface area contributed by atoms with E-state index < -0.39 is 0 Å². The molecule has 0 saturated carbocycles. The van der Waals surface area contributed by atoms with Gasteiger partial charge >= 0.3 is 0 Å². The number of carbonyl (C=O) groups excluding carboxylic acids is 1. The molecule has 1 aromatic carbocycles. The Kier molecular flexibility index (Phi) is 4.98. The lowest BCUT2D eigenvalue weighted by Gasteiger charge is -2.04. The highest BCUT2D eigenvalue weighted by Gasteiger charge is 2.04. The Bertz CT molecular complexity index is 534. The van der Waals surface area contributed by atoms with Gasteiger partial charge in [-0.25, -0.2) is 0 Å². The van der Waals surface area contributed by atoms with Crippen LogP contribution in [0.25, 0.3) is 10.9 Å². The summed E-state index contributed by atoms with van der Waals surface area (Å²) >= 11 is 0. The van der Waals surface area contributed by atoms with Crippen LogP contribution in [0.5, 0.6) is 0 Å². The fourth-order valence-corrected chi connectivity index (χ4v) is 2.16. The second-order valence-electron chi connectivity index (χ2n) is 4.64. The summed E-state index contributed by atoms with van der Waals surface area (Å²) in [6, 6.07) is 8.16. The molecule has 2 aromatic rings. The molecule has 0 unspecified atom stereocenters. The summed E-state index contributed by atoms with van der Waals surface area (Å²) < 4.78 is 0. The van der Waals surface area contributed by atoms with Crippen molar-refractivity contribution >= 4 is 16.8 Å². The molecule has 0 aliphatic carbocycles. The highest BCUT2D eigenvalue weighted by atomic mass is 16.2. The zero-order chi connectivity index (χ0) is 13.5. The van der Waals surface area contributed by atoms with Gasteiger partial charge in [0.05, 0.1) is 0 Å². The molecule has 3 N–H and O–H groups in total. The van der Waals surface area contributed by atoms with Gasteiger partial charge in [-0.1, -0.05) is 18.2 Å². The first-order valence-electron chi connectivity index (χ1n) is 6.74. The molecule has 4 heteroatoms. The average molecular weight is 260 g/mol. The van der Waals surface area contributed by atoms with Crippen LogP contribution in [0, 0.1) is 0 Å². The van der Waals surface area contributed by atoms with E-state index in [4.69, 9.17) is 5.11 Å². The van der Waals surface area contributed by atoms with Gasteiger partial charge in [0.15, 0.2) is 0 Å². The predicted molar refractivity (Wildman–Crippen MR) is 75.9 cm³/mol. The van der Waals surface area contributed by atoms with Crippen molar-refractivity contribution in [2.45, 2.75) is 25.7 Å². The number of aromatic nitrogens is 1. The quantitative estimate of drug-likeness (QED) is 0.667. The number of para-hydroxylation sites is 1. The summed E-state index contributed by atoms with van der Waals surface area (Å²) in [6.45, 7) is 0.808. The number of aliphatic hydroxyl groups excluding tert-OH is 1. The van der Waals surface area contributed by atoms with E-state index >= 15 is 0 Å². The molecule has 2 rings (SSSR count). The van der Waals surface area contributed by atoms with Crippen LogP contribution < -0.4 is 5.32 Å². The highest BCUT2D eigenvalue weighted by Crippen LogP contribution is 2.17. The maximum Gasteiger partial charge on any atom is 0.220 e. The van der Waals surface area contributed by atoms with Gasteiger partial charge in [-0.2, -0.15) is 0 Å². The molecule has 1 aromatic heterocycles. The third-order valence-electron chi connectivity index (χ3n) is 3.20. The lowest BCUT2D eigenvalue weighted by Crippen LogP contribution is -2.25. The molecule has 0 radical (unpaired) electrons. The second kappa shape index (κ2) is 6.95. The maximum atomic E-state index is 11.5. The second-order valence-corrected chi connectivity index (χ2v) is 4.64. The monoisotopic (exact) mass is 260 g/mol.